The minimum atomic E-state index is -0.220. The van der Waals surface area contributed by atoms with Gasteiger partial charge in [-0.3, -0.25) is 9.36 Å². The van der Waals surface area contributed by atoms with Crippen molar-refractivity contribution in [2.24, 2.45) is 0 Å². The van der Waals surface area contributed by atoms with Crippen molar-refractivity contribution >= 4 is 22.7 Å². The first-order valence-electron chi connectivity index (χ1n) is 10.2. The van der Waals surface area contributed by atoms with E-state index in [1.54, 1.807) is 38.0 Å². The van der Waals surface area contributed by atoms with Crippen LogP contribution >= 0.6 is 11.8 Å². The van der Waals surface area contributed by atoms with Gasteiger partial charge in [-0.05, 0) is 35.9 Å². The standard InChI is InChI=1S/C25H24N2O5S/c1-29-17-11-9-16(10-12-17)15-33-25-26-19-14-23(32-4)22(31-3)13-18(19)24(28)27(25)20-7-5-6-8-21(20)30-2/h5-14H,15H2,1-4H3. The second kappa shape index (κ2) is 9.87. The topological polar surface area (TPSA) is 71.8 Å². The summed E-state index contributed by atoms with van der Waals surface area (Å²) in [6, 6.07) is 18.6. The third kappa shape index (κ3) is 4.47. The van der Waals surface area contributed by atoms with Crippen molar-refractivity contribution in [1.82, 2.24) is 9.55 Å². The average Bonchev–Trinajstić information content (AvgIpc) is 2.87. The number of ether oxygens (including phenoxy) is 4. The number of methoxy groups -OCH3 is 4. The lowest BCUT2D eigenvalue weighted by molar-refractivity contribution is 0.355. The van der Waals surface area contributed by atoms with Gasteiger partial charge >= 0.3 is 0 Å². The zero-order chi connectivity index (χ0) is 23.4. The summed E-state index contributed by atoms with van der Waals surface area (Å²) in [5.41, 5.74) is 2.00. The summed E-state index contributed by atoms with van der Waals surface area (Å²) < 4.78 is 23.2. The maximum Gasteiger partial charge on any atom is 0.266 e. The third-order valence-electron chi connectivity index (χ3n) is 5.20. The van der Waals surface area contributed by atoms with Crippen LogP contribution in [0.25, 0.3) is 16.6 Å². The Morgan fingerprint density at radius 3 is 2.15 bits per heavy atom. The molecular weight excluding hydrogens is 440 g/mol. The van der Waals surface area contributed by atoms with Crippen LogP contribution in [-0.2, 0) is 5.75 Å². The van der Waals surface area contributed by atoms with E-state index in [4.69, 9.17) is 23.9 Å². The number of rotatable bonds is 8. The highest BCUT2D eigenvalue weighted by atomic mass is 32.2. The van der Waals surface area contributed by atoms with Crippen LogP contribution in [0.3, 0.4) is 0 Å². The fourth-order valence-corrected chi connectivity index (χ4v) is 4.45. The van der Waals surface area contributed by atoms with Gasteiger partial charge in [0.15, 0.2) is 16.7 Å². The molecule has 0 N–H and O–H groups in total. The lowest BCUT2D eigenvalue weighted by atomic mass is 10.2. The predicted molar refractivity (Wildman–Crippen MR) is 130 cm³/mol. The Labute approximate surface area is 195 Å². The first-order valence-corrected chi connectivity index (χ1v) is 11.2. The van der Waals surface area contributed by atoms with Crippen molar-refractivity contribution in [2.45, 2.75) is 10.9 Å². The van der Waals surface area contributed by atoms with Gasteiger partial charge in [0, 0.05) is 11.8 Å². The van der Waals surface area contributed by atoms with Crippen molar-refractivity contribution in [1.29, 1.82) is 0 Å². The molecule has 0 amide bonds. The van der Waals surface area contributed by atoms with E-state index in [9.17, 15) is 4.79 Å². The van der Waals surface area contributed by atoms with Gasteiger partial charge < -0.3 is 18.9 Å². The van der Waals surface area contributed by atoms with Crippen LogP contribution in [-0.4, -0.2) is 38.0 Å². The van der Waals surface area contributed by atoms with Crippen molar-refractivity contribution < 1.29 is 18.9 Å². The molecule has 0 saturated heterocycles. The fraction of sp³-hybridized carbons (Fsp3) is 0.200. The van der Waals surface area contributed by atoms with Crippen LogP contribution < -0.4 is 24.5 Å². The zero-order valence-corrected chi connectivity index (χ0v) is 19.6. The van der Waals surface area contributed by atoms with Gasteiger partial charge in [-0.15, -0.1) is 0 Å². The van der Waals surface area contributed by atoms with Crippen molar-refractivity contribution in [3.05, 3.63) is 76.6 Å². The monoisotopic (exact) mass is 464 g/mol. The SMILES string of the molecule is COc1ccc(CSc2nc3cc(OC)c(OC)cc3c(=O)n2-c2ccccc2OC)cc1. The minimum Gasteiger partial charge on any atom is -0.497 e. The summed E-state index contributed by atoms with van der Waals surface area (Å²) in [6.45, 7) is 0. The molecule has 0 aliphatic heterocycles. The zero-order valence-electron chi connectivity index (χ0n) is 18.8. The number of aromatic nitrogens is 2. The molecule has 0 radical (unpaired) electrons. The molecule has 0 fully saturated rings. The van der Waals surface area contributed by atoms with Crippen LogP contribution in [0.2, 0.25) is 0 Å². The van der Waals surface area contributed by atoms with Crippen LogP contribution in [0.4, 0.5) is 0 Å². The number of fused-ring (bicyclic) bond motifs is 1. The molecule has 0 unspecified atom stereocenters. The molecule has 0 spiro atoms. The third-order valence-corrected chi connectivity index (χ3v) is 6.21. The molecule has 4 aromatic rings. The molecule has 1 aromatic heterocycles. The van der Waals surface area contributed by atoms with Gasteiger partial charge in [-0.1, -0.05) is 36.0 Å². The summed E-state index contributed by atoms with van der Waals surface area (Å²) in [4.78, 5) is 18.6. The highest BCUT2D eigenvalue weighted by Gasteiger charge is 2.19. The molecule has 0 saturated carbocycles. The van der Waals surface area contributed by atoms with Crippen molar-refractivity contribution in [2.75, 3.05) is 28.4 Å². The number of nitrogens with zero attached hydrogens (tertiary/aromatic N) is 2. The number of hydrogen-bond donors (Lipinski definition) is 0. The van der Waals surface area contributed by atoms with E-state index in [0.29, 0.717) is 44.7 Å². The Morgan fingerprint density at radius 2 is 1.48 bits per heavy atom. The van der Waals surface area contributed by atoms with Gasteiger partial charge in [0.05, 0.1) is 45.0 Å². The van der Waals surface area contributed by atoms with E-state index >= 15 is 0 Å². The predicted octanol–water partition coefficient (Wildman–Crippen LogP) is 4.71. The maximum atomic E-state index is 13.7. The average molecular weight is 465 g/mol. The molecule has 8 heteroatoms. The fourth-order valence-electron chi connectivity index (χ4n) is 3.49. The van der Waals surface area contributed by atoms with Gasteiger partial charge in [0.25, 0.3) is 5.56 Å². The van der Waals surface area contributed by atoms with Gasteiger partial charge in [-0.2, -0.15) is 0 Å². The smallest absolute Gasteiger partial charge is 0.266 e. The Bertz CT molecular complexity index is 1340. The van der Waals surface area contributed by atoms with E-state index in [-0.39, 0.29) is 5.56 Å². The van der Waals surface area contributed by atoms with Crippen molar-refractivity contribution in [3.8, 4) is 28.7 Å². The lowest BCUT2D eigenvalue weighted by Gasteiger charge is -2.17. The number of hydrogen-bond acceptors (Lipinski definition) is 7. The molecule has 0 atom stereocenters. The maximum absolute atomic E-state index is 13.7. The first-order chi connectivity index (χ1) is 16.1. The number of thioether (sulfide) groups is 1. The highest BCUT2D eigenvalue weighted by Crippen LogP contribution is 2.33. The first kappa shape index (κ1) is 22.5. The molecule has 0 bridgehead atoms. The normalized spacial score (nSPS) is 10.8. The largest absolute Gasteiger partial charge is 0.497 e. The highest BCUT2D eigenvalue weighted by molar-refractivity contribution is 7.98. The minimum absolute atomic E-state index is 0.220. The Morgan fingerprint density at radius 1 is 0.818 bits per heavy atom. The van der Waals surface area contributed by atoms with Crippen LogP contribution in [0, 0.1) is 0 Å². The molecule has 0 aliphatic rings. The molecular formula is C25H24N2O5S. The molecule has 3 aromatic carbocycles. The van der Waals surface area contributed by atoms with Crippen LogP contribution in [0.5, 0.6) is 23.0 Å². The van der Waals surface area contributed by atoms with E-state index < -0.39 is 0 Å². The molecule has 4 rings (SSSR count). The second-order valence-corrected chi connectivity index (χ2v) is 8.01. The van der Waals surface area contributed by atoms with E-state index in [1.165, 1.54) is 18.9 Å². The van der Waals surface area contributed by atoms with Gasteiger partial charge in [0.1, 0.15) is 11.5 Å². The van der Waals surface area contributed by atoms with Gasteiger partial charge in [0.2, 0.25) is 0 Å². The van der Waals surface area contributed by atoms with E-state index in [1.807, 2.05) is 48.5 Å². The number of benzene rings is 3. The quantitative estimate of drug-likeness (QED) is 0.276. The van der Waals surface area contributed by atoms with Crippen LogP contribution in [0.15, 0.2) is 70.6 Å². The second-order valence-electron chi connectivity index (χ2n) is 7.07. The van der Waals surface area contributed by atoms with Crippen molar-refractivity contribution in [3.63, 3.8) is 0 Å². The molecule has 0 aliphatic carbocycles. The Kier molecular flexibility index (Phi) is 6.74. The van der Waals surface area contributed by atoms with Gasteiger partial charge in [-0.25, -0.2) is 4.98 Å². The molecule has 7 nitrogen and oxygen atoms in total. The van der Waals surface area contributed by atoms with Crippen LogP contribution in [0.1, 0.15) is 5.56 Å². The summed E-state index contributed by atoms with van der Waals surface area (Å²) >= 11 is 1.46. The van der Waals surface area contributed by atoms with E-state index in [0.717, 1.165) is 11.3 Å². The summed E-state index contributed by atoms with van der Waals surface area (Å²) in [5, 5.41) is 0.965. The molecule has 1 heterocycles. The lowest BCUT2D eigenvalue weighted by Crippen LogP contribution is -2.22. The summed E-state index contributed by atoms with van der Waals surface area (Å²) in [6.07, 6.45) is 0. The number of para-hydroxylation sites is 2. The molecule has 33 heavy (non-hydrogen) atoms. The Balaban J connectivity index is 1.88. The summed E-state index contributed by atoms with van der Waals surface area (Å²) in [5.74, 6) is 2.96. The van der Waals surface area contributed by atoms with E-state index in [2.05, 4.69) is 0 Å². The Hall–Kier alpha value is -3.65. The summed E-state index contributed by atoms with van der Waals surface area (Å²) in [7, 11) is 6.31. The molecule has 170 valence electrons.